The second-order valence-electron chi connectivity index (χ2n) is 7.67. The molecule has 0 atom stereocenters. The average Bonchev–Trinajstić information content (AvgIpc) is 2.66. The number of benzene rings is 2. The number of rotatable bonds is 9. The van der Waals surface area contributed by atoms with Crippen molar-refractivity contribution in [2.75, 3.05) is 17.2 Å². The van der Waals surface area contributed by atoms with E-state index in [-0.39, 0.29) is 36.3 Å². The Morgan fingerprint density at radius 2 is 1.43 bits per heavy atom. The van der Waals surface area contributed by atoms with Gasteiger partial charge in [0.05, 0.1) is 24.2 Å². The summed E-state index contributed by atoms with van der Waals surface area (Å²) in [6.07, 6.45) is 0.314. The van der Waals surface area contributed by atoms with Gasteiger partial charge in [0.2, 0.25) is 11.8 Å². The van der Waals surface area contributed by atoms with E-state index >= 15 is 0 Å². The molecule has 2 rings (SSSR count). The molecule has 0 radical (unpaired) electrons. The molecule has 160 valence electrons. The fourth-order valence-electron chi connectivity index (χ4n) is 2.81. The van der Waals surface area contributed by atoms with E-state index in [2.05, 4.69) is 21.3 Å². The third kappa shape index (κ3) is 7.58. The largest absolute Gasteiger partial charge is 0.376 e. The normalized spacial score (nSPS) is 10.6. The molecule has 0 spiro atoms. The van der Waals surface area contributed by atoms with E-state index in [4.69, 9.17) is 0 Å². The van der Waals surface area contributed by atoms with Gasteiger partial charge in [0.25, 0.3) is 5.91 Å². The molecule has 0 aliphatic carbocycles. The lowest BCUT2D eigenvalue weighted by molar-refractivity contribution is -0.121. The van der Waals surface area contributed by atoms with Crippen LogP contribution in [0.5, 0.6) is 0 Å². The van der Waals surface area contributed by atoms with Crippen molar-refractivity contribution < 1.29 is 14.4 Å². The number of hydrogen-bond acceptors (Lipinski definition) is 4. The highest BCUT2D eigenvalue weighted by molar-refractivity contribution is 6.04. The molecule has 0 aliphatic rings. The Balaban J connectivity index is 1.90. The highest BCUT2D eigenvalue weighted by Gasteiger charge is 2.13. The molecule has 3 amide bonds. The van der Waals surface area contributed by atoms with Crippen molar-refractivity contribution in [2.45, 2.75) is 46.2 Å². The third-order valence-electron chi connectivity index (χ3n) is 4.09. The van der Waals surface area contributed by atoms with Gasteiger partial charge >= 0.3 is 0 Å². The van der Waals surface area contributed by atoms with E-state index in [1.807, 2.05) is 52.0 Å². The number of hydrogen-bond donors (Lipinski definition) is 4. The van der Waals surface area contributed by atoms with Crippen molar-refractivity contribution in [1.82, 2.24) is 10.6 Å². The van der Waals surface area contributed by atoms with Crippen molar-refractivity contribution in [2.24, 2.45) is 0 Å². The zero-order valence-electron chi connectivity index (χ0n) is 17.9. The highest BCUT2D eigenvalue weighted by atomic mass is 16.2. The monoisotopic (exact) mass is 410 g/mol. The van der Waals surface area contributed by atoms with Crippen molar-refractivity contribution in [3.05, 3.63) is 59.7 Å². The minimum absolute atomic E-state index is 0.00217. The predicted octanol–water partition coefficient (Wildman–Crippen LogP) is 2.94. The molecule has 7 heteroatoms. The van der Waals surface area contributed by atoms with Gasteiger partial charge in [-0.15, -0.1) is 0 Å². The topological polar surface area (TPSA) is 99.3 Å². The van der Waals surface area contributed by atoms with Crippen LogP contribution in [0.3, 0.4) is 0 Å². The minimum atomic E-state index is -0.264. The third-order valence-corrected chi connectivity index (χ3v) is 4.09. The summed E-state index contributed by atoms with van der Waals surface area (Å²) >= 11 is 0. The molecule has 0 saturated carbocycles. The molecule has 0 fully saturated rings. The van der Waals surface area contributed by atoms with Gasteiger partial charge in [-0.1, -0.05) is 24.3 Å². The molecule has 0 saturated heterocycles. The van der Waals surface area contributed by atoms with Crippen molar-refractivity contribution in [3.63, 3.8) is 0 Å². The maximum Gasteiger partial charge on any atom is 0.253 e. The van der Waals surface area contributed by atoms with Crippen LogP contribution in [0.2, 0.25) is 0 Å². The first-order chi connectivity index (χ1) is 14.2. The van der Waals surface area contributed by atoms with Gasteiger partial charge in [-0.05, 0) is 57.5 Å². The molecule has 0 aromatic heterocycles. The average molecular weight is 411 g/mol. The zero-order chi connectivity index (χ0) is 22.1. The van der Waals surface area contributed by atoms with Gasteiger partial charge in [-0.25, -0.2) is 0 Å². The first-order valence-electron chi connectivity index (χ1n) is 10.1. The molecule has 7 nitrogen and oxygen atoms in total. The van der Waals surface area contributed by atoms with Crippen molar-refractivity contribution in [3.8, 4) is 0 Å². The molecule has 2 aromatic rings. The lowest BCUT2D eigenvalue weighted by Gasteiger charge is -2.13. The molecular formula is C23H30N4O3. The first-order valence-corrected chi connectivity index (χ1v) is 10.1. The Morgan fingerprint density at radius 1 is 0.800 bits per heavy atom. The zero-order valence-corrected chi connectivity index (χ0v) is 17.9. The lowest BCUT2D eigenvalue weighted by atomic mass is 10.1. The van der Waals surface area contributed by atoms with Crippen LogP contribution < -0.4 is 21.3 Å². The van der Waals surface area contributed by atoms with E-state index in [1.54, 1.807) is 24.3 Å². The summed E-state index contributed by atoms with van der Waals surface area (Å²) in [6.45, 7) is 7.65. The van der Waals surface area contributed by atoms with E-state index in [9.17, 15) is 14.4 Å². The maximum atomic E-state index is 12.3. The summed E-state index contributed by atoms with van der Waals surface area (Å²) in [5, 5.41) is 11.5. The van der Waals surface area contributed by atoms with Crippen LogP contribution in [0, 0.1) is 0 Å². The summed E-state index contributed by atoms with van der Waals surface area (Å²) in [5.41, 5.74) is 2.55. The SMILES string of the molecule is CC(C)NC(=O)Cc1ccc(NCC(=O)Nc2ccccc2C(=O)NC(C)C)cc1. The van der Waals surface area contributed by atoms with Crippen LogP contribution in [0.25, 0.3) is 0 Å². The van der Waals surface area contributed by atoms with E-state index in [0.717, 1.165) is 11.3 Å². The van der Waals surface area contributed by atoms with Crippen molar-refractivity contribution in [1.29, 1.82) is 0 Å². The summed E-state index contributed by atoms with van der Waals surface area (Å²) < 4.78 is 0. The van der Waals surface area contributed by atoms with Crippen LogP contribution in [0.15, 0.2) is 48.5 Å². The fraction of sp³-hybridized carbons (Fsp3) is 0.348. The minimum Gasteiger partial charge on any atom is -0.376 e. The number of nitrogens with one attached hydrogen (secondary N) is 4. The summed E-state index contributed by atoms with van der Waals surface area (Å²) in [4.78, 5) is 36.5. The van der Waals surface area contributed by atoms with E-state index in [1.165, 1.54) is 0 Å². The van der Waals surface area contributed by atoms with Crippen LogP contribution in [0.4, 0.5) is 11.4 Å². The second-order valence-corrected chi connectivity index (χ2v) is 7.67. The number of carbonyl (C=O) groups excluding carboxylic acids is 3. The number of carbonyl (C=O) groups is 3. The fourth-order valence-corrected chi connectivity index (χ4v) is 2.81. The standard InChI is InChI=1S/C23H30N4O3/c1-15(2)25-21(28)13-17-9-11-18(12-10-17)24-14-22(29)27-20-8-6-5-7-19(20)23(30)26-16(3)4/h5-12,15-16,24H,13-14H2,1-4H3,(H,25,28)(H,26,30)(H,27,29). The van der Waals surface area contributed by atoms with Gasteiger partial charge in [-0.2, -0.15) is 0 Å². The Kier molecular flexibility index (Phi) is 8.41. The molecular weight excluding hydrogens is 380 g/mol. The number of amides is 3. The molecule has 0 unspecified atom stereocenters. The quantitative estimate of drug-likeness (QED) is 0.511. The number of para-hydroxylation sites is 1. The van der Waals surface area contributed by atoms with Crippen LogP contribution in [-0.4, -0.2) is 36.3 Å². The molecule has 0 heterocycles. The second kappa shape index (κ2) is 11.0. The first kappa shape index (κ1) is 22.9. The highest BCUT2D eigenvalue weighted by Crippen LogP contribution is 2.15. The van der Waals surface area contributed by atoms with E-state index in [0.29, 0.717) is 17.7 Å². The smallest absolute Gasteiger partial charge is 0.253 e. The molecule has 2 aromatic carbocycles. The van der Waals surface area contributed by atoms with Crippen LogP contribution in [-0.2, 0) is 16.0 Å². The van der Waals surface area contributed by atoms with Gasteiger partial charge in [-0.3, -0.25) is 14.4 Å². The van der Waals surface area contributed by atoms with Gasteiger partial charge < -0.3 is 21.3 Å². The molecule has 0 bridgehead atoms. The molecule has 4 N–H and O–H groups in total. The summed E-state index contributed by atoms with van der Waals surface area (Å²) in [7, 11) is 0. The van der Waals surface area contributed by atoms with Crippen LogP contribution in [0.1, 0.15) is 43.6 Å². The maximum absolute atomic E-state index is 12.3. The number of anilines is 2. The van der Waals surface area contributed by atoms with Gasteiger partial charge in [0.15, 0.2) is 0 Å². The molecule has 0 aliphatic heterocycles. The van der Waals surface area contributed by atoms with Crippen molar-refractivity contribution >= 4 is 29.1 Å². The van der Waals surface area contributed by atoms with Gasteiger partial charge in [0, 0.05) is 17.8 Å². The summed E-state index contributed by atoms with van der Waals surface area (Å²) in [5.74, 6) is -0.517. The molecule has 30 heavy (non-hydrogen) atoms. The predicted molar refractivity (Wildman–Crippen MR) is 120 cm³/mol. The summed E-state index contributed by atoms with van der Waals surface area (Å²) in [6, 6.07) is 14.4. The Bertz CT molecular complexity index is 876. The Hall–Kier alpha value is -3.35. The Labute approximate surface area is 177 Å². The lowest BCUT2D eigenvalue weighted by Crippen LogP contribution is -2.31. The van der Waals surface area contributed by atoms with Crippen LogP contribution >= 0.6 is 0 Å². The van der Waals surface area contributed by atoms with Gasteiger partial charge in [0.1, 0.15) is 0 Å². The van der Waals surface area contributed by atoms with E-state index < -0.39 is 0 Å². The Morgan fingerprint density at radius 3 is 2.07 bits per heavy atom.